The number of halogens is 2. The number of benzene rings is 3. The second kappa shape index (κ2) is 11.1. The molecule has 1 unspecified atom stereocenters. The smallest absolute Gasteiger partial charge is 0.161 e. The lowest BCUT2D eigenvalue weighted by Gasteiger charge is -2.40. The molecule has 198 valence electrons. The summed E-state index contributed by atoms with van der Waals surface area (Å²) in [7, 11) is 0. The highest BCUT2D eigenvalue weighted by molar-refractivity contribution is 7.98. The number of carbonyl (C=O) groups excluding carboxylic acids is 1. The number of nitrogens with two attached hydrogens (primary N) is 1. The average Bonchev–Trinajstić information content (AvgIpc) is 2.88. The van der Waals surface area contributed by atoms with Gasteiger partial charge in [0.15, 0.2) is 5.78 Å². The molecule has 2 aliphatic rings. The van der Waals surface area contributed by atoms with Gasteiger partial charge in [-0.25, -0.2) is 0 Å². The number of hydrogen-bond acceptors (Lipinski definition) is 5. The number of allylic oxidation sites excluding steroid dienone is 3. The summed E-state index contributed by atoms with van der Waals surface area (Å²) >= 11 is 14.5. The first-order valence-electron chi connectivity index (χ1n) is 12.9. The van der Waals surface area contributed by atoms with E-state index in [0.717, 1.165) is 34.6 Å². The van der Waals surface area contributed by atoms with Gasteiger partial charge in [-0.05, 0) is 80.1 Å². The molecule has 0 fully saturated rings. The van der Waals surface area contributed by atoms with Gasteiger partial charge in [-0.15, -0.1) is 11.8 Å². The maximum atomic E-state index is 13.6. The Hall–Kier alpha value is -3.17. The van der Waals surface area contributed by atoms with Crippen LogP contribution < -0.4 is 10.6 Å². The number of nitrogens with zero attached hydrogens (tertiary/aromatic N) is 2. The number of ketones is 1. The first kappa shape index (κ1) is 27.4. The van der Waals surface area contributed by atoms with Gasteiger partial charge in [0.05, 0.1) is 23.2 Å². The third-order valence-corrected chi connectivity index (χ3v) is 9.17. The average molecular weight is 575 g/mol. The highest BCUT2D eigenvalue weighted by Crippen LogP contribution is 2.48. The zero-order chi connectivity index (χ0) is 27.8. The van der Waals surface area contributed by atoms with Gasteiger partial charge < -0.3 is 5.73 Å². The third-order valence-electron chi connectivity index (χ3n) is 7.51. The van der Waals surface area contributed by atoms with Crippen LogP contribution in [0, 0.1) is 32.1 Å². The molecule has 0 saturated carbocycles. The minimum absolute atomic E-state index is 0.0522. The Labute approximate surface area is 244 Å². The summed E-state index contributed by atoms with van der Waals surface area (Å²) in [4.78, 5) is 16.7. The molecule has 0 saturated heterocycles. The zero-order valence-electron chi connectivity index (χ0n) is 22.1. The van der Waals surface area contributed by atoms with Crippen molar-refractivity contribution in [2.45, 2.75) is 56.6 Å². The van der Waals surface area contributed by atoms with E-state index in [2.05, 4.69) is 57.2 Å². The van der Waals surface area contributed by atoms with E-state index in [9.17, 15) is 10.1 Å². The van der Waals surface area contributed by atoms with Gasteiger partial charge in [-0.2, -0.15) is 5.26 Å². The number of carbonyl (C=O) groups is 1. The van der Waals surface area contributed by atoms with Crippen LogP contribution in [0.25, 0.3) is 0 Å². The lowest BCUT2D eigenvalue weighted by molar-refractivity contribution is -0.116. The molecular weight excluding hydrogens is 545 g/mol. The molecule has 5 rings (SSSR count). The molecule has 0 bridgehead atoms. The van der Waals surface area contributed by atoms with Crippen LogP contribution in [0.1, 0.15) is 53.0 Å². The van der Waals surface area contributed by atoms with Crippen molar-refractivity contribution in [3.05, 3.63) is 115 Å². The Morgan fingerprint density at radius 1 is 1.05 bits per heavy atom. The van der Waals surface area contributed by atoms with Crippen molar-refractivity contribution >= 4 is 46.4 Å². The molecule has 0 amide bonds. The van der Waals surface area contributed by atoms with Crippen molar-refractivity contribution in [1.29, 1.82) is 5.26 Å². The number of Topliss-reactive ketones (excluding diaryl/α,β-unsaturated/α-hetero) is 1. The van der Waals surface area contributed by atoms with Crippen LogP contribution in [0.3, 0.4) is 0 Å². The molecule has 0 radical (unpaired) electrons. The summed E-state index contributed by atoms with van der Waals surface area (Å²) < 4.78 is 0. The van der Waals surface area contributed by atoms with E-state index in [-0.39, 0.29) is 5.78 Å². The summed E-state index contributed by atoms with van der Waals surface area (Å²) in [6.45, 7) is 6.27. The minimum atomic E-state index is -0.522. The van der Waals surface area contributed by atoms with Crippen molar-refractivity contribution in [3.8, 4) is 6.07 Å². The van der Waals surface area contributed by atoms with E-state index >= 15 is 0 Å². The van der Waals surface area contributed by atoms with Crippen LogP contribution >= 0.6 is 35.0 Å². The van der Waals surface area contributed by atoms with Crippen LogP contribution in [-0.2, 0) is 10.5 Å². The minimum Gasteiger partial charge on any atom is -0.384 e. The zero-order valence-corrected chi connectivity index (χ0v) is 24.5. The maximum Gasteiger partial charge on any atom is 0.161 e. The van der Waals surface area contributed by atoms with E-state index in [1.807, 2.05) is 6.07 Å². The van der Waals surface area contributed by atoms with Gasteiger partial charge in [0.2, 0.25) is 0 Å². The number of nitriles is 1. The SMILES string of the molecule is Cc1cc(CSc2ccccc2C)c(C)c(C2C(C#N)=C(N)N(c3cc(Cl)cc(Cl)c3)C3=C2C(=O)CCC3)c1. The molecule has 4 nitrogen and oxygen atoms in total. The van der Waals surface area contributed by atoms with Gasteiger partial charge in [-0.1, -0.05) is 59.1 Å². The largest absolute Gasteiger partial charge is 0.384 e. The van der Waals surface area contributed by atoms with Crippen LogP contribution in [0.2, 0.25) is 10.0 Å². The molecule has 1 aliphatic heterocycles. The Balaban J connectivity index is 1.66. The molecule has 7 heteroatoms. The summed E-state index contributed by atoms with van der Waals surface area (Å²) in [5, 5.41) is 11.4. The van der Waals surface area contributed by atoms with Crippen molar-refractivity contribution in [1.82, 2.24) is 0 Å². The van der Waals surface area contributed by atoms with Crippen LogP contribution in [0.15, 0.2) is 82.2 Å². The Morgan fingerprint density at radius 2 is 1.77 bits per heavy atom. The van der Waals surface area contributed by atoms with Crippen molar-refractivity contribution in [2.75, 3.05) is 4.90 Å². The summed E-state index contributed by atoms with van der Waals surface area (Å²) in [5.41, 5.74) is 14.8. The number of aryl methyl sites for hydroxylation is 2. The van der Waals surface area contributed by atoms with Gasteiger partial charge in [0.25, 0.3) is 0 Å². The van der Waals surface area contributed by atoms with Crippen molar-refractivity contribution < 1.29 is 4.79 Å². The van der Waals surface area contributed by atoms with Crippen LogP contribution in [0.4, 0.5) is 5.69 Å². The fourth-order valence-electron chi connectivity index (χ4n) is 5.65. The Bertz CT molecular complexity index is 1580. The number of anilines is 1. The van der Waals surface area contributed by atoms with Crippen molar-refractivity contribution in [2.24, 2.45) is 5.73 Å². The topological polar surface area (TPSA) is 70.1 Å². The third kappa shape index (κ3) is 5.22. The predicted molar refractivity (Wildman–Crippen MR) is 161 cm³/mol. The van der Waals surface area contributed by atoms with Gasteiger partial charge in [0, 0.05) is 38.4 Å². The molecule has 1 atom stereocenters. The van der Waals surface area contributed by atoms with Gasteiger partial charge in [0.1, 0.15) is 5.82 Å². The summed E-state index contributed by atoms with van der Waals surface area (Å²) in [6.07, 6.45) is 1.83. The number of rotatable bonds is 5. The molecule has 3 aromatic rings. The molecule has 0 aromatic heterocycles. The van der Waals surface area contributed by atoms with Gasteiger partial charge in [-0.3, -0.25) is 9.69 Å². The van der Waals surface area contributed by atoms with E-state index in [0.29, 0.717) is 45.5 Å². The standard InChI is InChI=1S/C32H29Cl2N3OS/c1-18-11-21(17-39-29-10-5-4-7-19(29)2)20(3)25(12-18)30-26(16-35)32(36)37(24-14-22(33)13-23(34)15-24)27-8-6-9-28(38)31(27)30/h4-5,7,10-15,30H,6,8-9,17,36H2,1-3H3. The predicted octanol–water partition coefficient (Wildman–Crippen LogP) is 8.52. The molecule has 1 heterocycles. The Morgan fingerprint density at radius 3 is 2.46 bits per heavy atom. The van der Waals surface area contributed by atoms with E-state index in [1.54, 1.807) is 34.9 Å². The molecule has 3 aromatic carbocycles. The molecule has 2 N–H and O–H groups in total. The summed E-state index contributed by atoms with van der Waals surface area (Å²) in [5.74, 6) is 0.625. The molecule has 1 aliphatic carbocycles. The first-order chi connectivity index (χ1) is 18.7. The quantitative estimate of drug-likeness (QED) is 0.310. The van der Waals surface area contributed by atoms with Gasteiger partial charge >= 0.3 is 0 Å². The molecule has 0 spiro atoms. The normalized spacial score (nSPS) is 17.4. The fourth-order valence-corrected chi connectivity index (χ4v) is 7.24. The molecule has 39 heavy (non-hydrogen) atoms. The summed E-state index contributed by atoms with van der Waals surface area (Å²) in [6, 6.07) is 20.2. The highest BCUT2D eigenvalue weighted by Gasteiger charge is 2.41. The monoisotopic (exact) mass is 573 g/mol. The number of thioether (sulfide) groups is 1. The van der Waals surface area contributed by atoms with E-state index in [1.165, 1.54) is 16.0 Å². The lowest BCUT2D eigenvalue weighted by atomic mass is 9.73. The molecular formula is C32H29Cl2N3OS. The van der Waals surface area contributed by atoms with E-state index in [4.69, 9.17) is 28.9 Å². The van der Waals surface area contributed by atoms with Crippen molar-refractivity contribution in [3.63, 3.8) is 0 Å². The highest BCUT2D eigenvalue weighted by atomic mass is 35.5. The second-order valence-electron chi connectivity index (χ2n) is 10.1. The Kier molecular flexibility index (Phi) is 7.82. The first-order valence-corrected chi connectivity index (χ1v) is 14.6. The second-order valence-corrected chi connectivity index (χ2v) is 12.0. The number of hydrogen-bond donors (Lipinski definition) is 1. The fraction of sp³-hybridized carbons (Fsp3) is 0.250. The van der Waals surface area contributed by atoms with Crippen LogP contribution in [0.5, 0.6) is 0 Å². The lowest BCUT2D eigenvalue weighted by Crippen LogP contribution is -2.39. The maximum absolute atomic E-state index is 13.6. The van der Waals surface area contributed by atoms with Crippen LogP contribution in [-0.4, -0.2) is 5.78 Å². The van der Waals surface area contributed by atoms with E-state index < -0.39 is 5.92 Å².